The number of imidazole rings is 1. The van der Waals surface area contributed by atoms with E-state index in [1.807, 2.05) is 23.6 Å². The Bertz CT molecular complexity index is 606. The fraction of sp³-hybridized carbons (Fsp3) is 0.800. The highest BCUT2D eigenvalue weighted by atomic mass is 16.2. The van der Waals surface area contributed by atoms with Crippen molar-refractivity contribution in [1.29, 1.82) is 0 Å². The molecular formula is C20H34N6O. The van der Waals surface area contributed by atoms with Crippen LogP contribution in [0, 0.1) is 11.3 Å². The van der Waals surface area contributed by atoms with Gasteiger partial charge in [0.15, 0.2) is 0 Å². The van der Waals surface area contributed by atoms with E-state index in [1.165, 1.54) is 19.3 Å². The maximum absolute atomic E-state index is 12.7. The van der Waals surface area contributed by atoms with Crippen LogP contribution in [-0.2, 0) is 6.54 Å². The van der Waals surface area contributed by atoms with Crippen LogP contribution in [0.3, 0.4) is 0 Å². The molecule has 1 N–H and O–H groups in total. The molecule has 3 fully saturated rings. The number of hydrogen-bond donors (Lipinski definition) is 1. The Morgan fingerprint density at radius 1 is 1.22 bits per heavy atom. The molecule has 2 saturated heterocycles. The second kappa shape index (κ2) is 8.19. The van der Waals surface area contributed by atoms with Crippen LogP contribution in [0.2, 0.25) is 0 Å². The summed E-state index contributed by atoms with van der Waals surface area (Å²) >= 11 is 0. The maximum Gasteiger partial charge on any atom is 0.317 e. The zero-order valence-corrected chi connectivity index (χ0v) is 16.6. The lowest BCUT2D eigenvalue weighted by Crippen LogP contribution is -2.50. The summed E-state index contributed by atoms with van der Waals surface area (Å²) in [6.07, 6.45) is 10.5. The van der Waals surface area contributed by atoms with E-state index in [-0.39, 0.29) is 6.03 Å². The number of urea groups is 1. The van der Waals surface area contributed by atoms with Crippen LogP contribution in [0.15, 0.2) is 18.7 Å². The highest BCUT2D eigenvalue weighted by Crippen LogP contribution is 2.45. The molecule has 0 unspecified atom stereocenters. The molecule has 3 aliphatic rings. The zero-order valence-electron chi connectivity index (χ0n) is 16.6. The molecule has 1 aromatic rings. The molecule has 150 valence electrons. The summed E-state index contributed by atoms with van der Waals surface area (Å²) in [5, 5.41) is 3.26. The standard InChI is InChI=1S/C20H34N6O/c1-23-9-11-24(12-10-23)16-20(4-5-20)15-22-19(27)26-7-2-3-18(14-26)13-25-8-6-21-17-25/h6,8,17-18H,2-5,7,9-16H2,1H3,(H,22,27)/t18-/m0/s1. The van der Waals surface area contributed by atoms with Crippen molar-refractivity contribution >= 4 is 6.03 Å². The first-order chi connectivity index (χ1) is 13.1. The third kappa shape index (κ3) is 5.02. The second-order valence-electron chi connectivity index (χ2n) is 8.95. The molecule has 4 rings (SSSR count). The van der Waals surface area contributed by atoms with Gasteiger partial charge in [0.25, 0.3) is 0 Å². The third-order valence-electron chi connectivity index (χ3n) is 6.56. The predicted octanol–water partition coefficient (Wildman–Crippen LogP) is 1.33. The van der Waals surface area contributed by atoms with Gasteiger partial charge in [-0.2, -0.15) is 0 Å². The molecule has 1 saturated carbocycles. The van der Waals surface area contributed by atoms with Gasteiger partial charge in [0, 0.05) is 76.7 Å². The largest absolute Gasteiger partial charge is 0.337 e. The van der Waals surface area contributed by atoms with Crippen LogP contribution in [-0.4, -0.2) is 89.7 Å². The summed E-state index contributed by atoms with van der Waals surface area (Å²) in [5.74, 6) is 0.527. The van der Waals surface area contributed by atoms with Crippen molar-refractivity contribution in [2.75, 3.05) is 59.4 Å². The number of aromatic nitrogens is 2. The van der Waals surface area contributed by atoms with Crippen LogP contribution >= 0.6 is 0 Å². The fourth-order valence-corrected chi connectivity index (χ4v) is 4.51. The maximum atomic E-state index is 12.7. The van der Waals surface area contributed by atoms with E-state index in [9.17, 15) is 4.79 Å². The molecule has 7 heteroatoms. The van der Waals surface area contributed by atoms with Crippen molar-refractivity contribution in [3.8, 4) is 0 Å². The first-order valence-corrected chi connectivity index (χ1v) is 10.5. The summed E-state index contributed by atoms with van der Waals surface area (Å²) in [5.41, 5.74) is 0.331. The average molecular weight is 375 g/mol. The molecule has 1 atom stereocenters. The van der Waals surface area contributed by atoms with Gasteiger partial charge in [-0.05, 0) is 38.6 Å². The van der Waals surface area contributed by atoms with Gasteiger partial charge in [-0.1, -0.05) is 0 Å². The van der Waals surface area contributed by atoms with Crippen LogP contribution < -0.4 is 5.32 Å². The van der Waals surface area contributed by atoms with Gasteiger partial charge in [-0.25, -0.2) is 9.78 Å². The number of piperidine rings is 1. The molecule has 7 nitrogen and oxygen atoms in total. The Morgan fingerprint density at radius 2 is 2.04 bits per heavy atom. The lowest BCUT2D eigenvalue weighted by atomic mass is 9.98. The Morgan fingerprint density at radius 3 is 2.74 bits per heavy atom. The number of nitrogens with one attached hydrogen (secondary N) is 1. The monoisotopic (exact) mass is 374 g/mol. The lowest BCUT2D eigenvalue weighted by molar-refractivity contribution is 0.127. The van der Waals surface area contributed by atoms with E-state index in [0.717, 1.165) is 65.3 Å². The minimum Gasteiger partial charge on any atom is -0.337 e. The summed E-state index contributed by atoms with van der Waals surface area (Å²) in [6.45, 7) is 9.32. The minimum absolute atomic E-state index is 0.134. The number of likely N-dealkylation sites (N-methyl/N-ethyl adjacent to an activating group) is 1. The van der Waals surface area contributed by atoms with Crippen LogP contribution in [0.5, 0.6) is 0 Å². The highest BCUT2D eigenvalue weighted by molar-refractivity contribution is 5.74. The Kier molecular flexibility index (Phi) is 5.68. The van der Waals surface area contributed by atoms with Crippen molar-refractivity contribution in [3.05, 3.63) is 18.7 Å². The summed E-state index contributed by atoms with van der Waals surface area (Å²) in [7, 11) is 2.20. The van der Waals surface area contributed by atoms with E-state index in [2.05, 4.69) is 31.7 Å². The smallest absolute Gasteiger partial charge is 0.317 e. The number of nitrogens with zero attached hydrogens (tertiary/aromatic N) is 5. The second-order valence-corrected chi connectivity index (χ2v) is 8.95. The molecule has 1 aliphatic carbocycles. The number of rotatable bonds is 6. The summed E-state index contributed by atoms with van der Waals surface area (Å²) < 4.78 is 2.13. The van der Waals surface area contributed by atoms with E-state index >= 15 is 0 Å². The van der Waals surface area contributed by atoms with Crippen LogP contribution in [0.25, 0.3) is 0 Å². The van der Waals surface area contributed by atoms with E-state index in [1.54, 1.807) is 0 Å². The molecule has 0 spiro atoms. The quantitative estimate of drug-likeness (QED) is 0.816. The Balaban J connectivity index is 1.21. The minimum atomic E-state index is 0.134. The topological polar surface area (TPSA) is 56.6 Å². The van der Waals surface area contributed by atoms with E-state index < -0.39 is 0 Å². The van der Waals surface area contributed by atoms with E-state index in [0.29, 0.717) is 11.3 Å². The van der Waals surface area contributed by atoms with Gasteiger partial charge < -0.3 is 24.6 Å². The molecule has 0 bridgehead atoms. The summed E-state index contributed by atoms with van der Waals surface area (Å²) in [4.78, 5) is 23.9. The lowest BCUT2D eigenvalue weighted by Gasteiger charge is -2.36. The SMILES string of the molecule is CN1CCN(CC2(CNC(=O)N3CCC[C@@H](Cn4ccnc4)C3)CC2)CC1. The third-order valence-corrected chi connectivity index (χ3v) is 6.56. The van der Waals surface area contributed by atoms with Gasteiger partial charge in [-0.3, -0.25) is 0 Å². The Hall–Kier alpha value is -1.60. The molecule has 0 aromatic carbocycles. The summed E-state index contributed by atoms with van der Waals surface area (Å²) in [6, 6.07) is 0.134. The number of hydrogen-bond acceptors (Lipinski definition) is 4. The number of likely N-dealkylation sites (tertiary alicyclic amines) is 1. The predicted molar refractivity (Wildman–Crippen MR) is 106 cm³/mol. The van der Waals surface area contributed by atoms with Crippen molar-refractivity contribution < 1.29 is 4.79 Å². The molecule has 2 amide bonds. The molecule has 2 aliphatic heterocycles. The molecule has 3 heterocycles. The molecular weight excluding hydrogens is 340 g/mol. The van der Waals surface area contributed by atoms with Crippen molar-refractivity contribution in [2.24, 2.45) is 11.3 Å². The van der Waals surface area contributed by atoms with Crippen LogP contribution in [0.4, 0.5) is 4.79 Å². The van der Waals surface area contributed by atoms with Gasteiger partial charge in [0.1, 0.15) is 0 Å². The van der Waals surface area contributed by atoms with Gasteiger partial charge in [0.2, 0.25) is 0 Å². The molecule has 1 aromatic heterocycles. The normalized spacial score (nSPS) is 26.1. The molecule has 27 heavy (non-hydrogen) atoms. The zero-order chi connectivity index (χ0) is 18.7. The number of carbonyl (C=O) groups excluding carboxylic acids is 1. The highest BCUT2D eigenvalue weighted by Gasteiger charge is 2.44. The first-order valence-electron chi connectivity index (χ1n) is 10.5. The average Bonchev–Trinajstić information content (AvgIpc) is 3.25. The van der Waals surface area contributed by atoms with Crippen molar-refractivity contribution in [2.45, 2.75) is 32.2 Å². The van der Waals surface area contributed by atoms with Gasteiger partial charge in [0.05, 0.1) is 6.33 Å². The van der Waals surface area contributed by atoms with Gasteiger partial charge >= 0.3 is 6.03 Å². The fourth-order valence-electron chi connectivity index (χ4n) is 4.51. The first kappa shape index (κ1) is 18.7. The Labute approximate surface area is 162 Å². The van der Waals surface area contributed by atoms with Crippen molar-refractivity contribution in [1.82, 2.24) is 29.6 Å². The number of amides is 2. The number of piperazine rings is 1. The van der Waals surface area contributed by atoms with E-state index in [4.69, 9.17) is 0 Å². The van der Waals surface area contributed by atoms with Crippen LogP contribution in [0.1, 0.15) is 25.7 Å². The van der Waals surface area contributed by atoms with Gasteiger partial charge in [-0.15, -0.1) is 0 Å². The molecule has 0 radical (unpaired) electrons. The number of carbonyl (C=O) groups is 1. The van der Waals surface area contributed by atoms with Crippen molar-refractivity contribution in [3.63, 3.8) is 0 Å².